The number of aromatic nitrogens is 2. The van der Waals surface area contributed by atoms with Gasteiger partial charge in [0.25, 0.3) is 5.91 Å². The van der Waals surface area contributed by atoms with Crippen LogP contribution in [0.4, 0.5) is 0 Å². The Balaban J connectivity index is 1.46. The van der Waals surface area contributed by atoms with Gasteiger partial charge in [0.1, 0.15) is 10.6 Å². The molecule has 7 nitrogen and oxygen atoms in total. The number of nitrogens with one attached hydrogen (secondary N) is 1. The van der Waals surface area contributed by atoms with Gasteiger partial charge in [0.15, 0.2) is 0 Å². The second-order valence-corrected chi connectivity index (χ2v) is 9.45. The molecular formula is C23H25N3O4S. The van der Waals surface area contributed by atoms with Crippen LogP contribution in [0.2, 0.25) is 0 Å². The Kier molecular flexibility index (Phi) is 5.82. The molecule has 0 spiro atoms. The van der Waals surface area contributed by atoms with E-state index in [1.807, 2.05) is 24.0 Å². The van der Waals surface area contributed by atoms with Crippen molar-refractivity contribution < 1.29 is 17.4 Å². The average Bonchev–Trinajstić information content (AvgIpc) is 3.30. The summed E-state index contributed by atoms with van der Waals surface area (Å²) in [5.41, 5.74) is 3.00. The van der Waals surface area contributed by atoms with Gasteiger partial charge in [-0.1, -0.05) is 12.1 Å². The number of aromatic amines is 1. The van der Waals surface area contributed by atoms with Crippen LogP contribution in [0.15, 0.2) is 59.6 Å². The van der Waals surface area contributed by atoms with Crippen LogP contribution in [0.3, 0.4) is 0 Å². The van der Waals surface area contributed by atoms with Crippen molar-refractivity contribution in [3.8, 4) is 5.75 Å². The maximum Gasteiger partial charge on any atom is 0.339 e. The standard InChI is InChI=1S/C23H25N3O4S/c1-16-5-6-17(2)22(14-16)31(28,29)30-20-9-7-18(8-10-20)23(27)26-13-3-4-19(15-26)21-11-12-24-25-21/h5-12,14,19H,3-4,13,15H2,1-2H3,(H,24,25)/t19-/m1/s1. The minimum absolute atomic E-state index is 0.0758. The Hall–Kier alpha value is -3.13. The summed E-state index contributed by atoms with van der Waals surface area (Å²) in [4.78, 5) is 14.9. The van der Waals surface area contributed by atoms with Crippen LogP contribution in [0.1, 0.15) is 45.9 Å². The van der Waals surface area contributed by atoms with Crippen molar-refractivity contribution in [1.82, 2.24) is 15.1 Å². The first-order valence-electron chi connectivity index (χ1n) is 10.2. The molecule has 1 atom stereocenters. The number of carbonyl (C=O) groups is 1. The highest BCUT2D eigenvalue weighted by Crippen LogP contribution is 2.27. The van der Waals surface area contributed by atoms with Crippen molar-refractivity contribution in [2.24, 2.45) is 0 Å². The van der Waals surface area contributed by atoms with Crippen LogP contribution in [0, 0.1) is 13.8 Å². The molecule has 0 saturated carbocycles. The molecule has 1 amide bonds. The first-order valence-corrected chi connectivity index (χ1v) is 11.6. The minimum atomic E-state index is -3.96. The molecular weight excluding hydrogens is 414 g/mol. The quantitative estimate of drug-likeness (QED) is 0.610. The Morgan fingerprint density at radius 3 is 2.61 bits per heavy atom. The maximum absolute atomic E-state index is 13.0. The van der Waals surface area contributed by atoms with Gasteiger partial charge in [-0.05, 0) is 74.2 Å². The van der Waals surface area contributed by atoms with Gasteiger partial charge in [-0.25, -0.2) is 0 Å². The van der Waals surface area contributed by atoms with Crippen LogP contribution in [-0.4, -0.2) is 42.5 Å². The van der Waals surface area contributed by atoms with Crippen LogP contribution in [0.25, 0.3) is 0 Å². The molecule has 0 bridgehead atoms. The lowest BCUT2D eigenvalue weighted by Gasteiger charge is -2.32. The van der Waals surface area contributed by atoms with Gasteiger partial charge in [-0.15, -0.1) is 0 Å². The largest absolute Gasteiger partial charge is 0.379 e. The molecule has 3 aromatic rings. The summed E-state index contributed by atoms with van der Waals surface area (Å²) in [5, 5.41) is 7.00. The summed E-state index contributed by atoms with van der Waals surface area (Å²) in [5.74, 6) is 0.338. The molecule has 8 heteroatoms. The number of amides is 1. The number of benzene rings is 2. The van der Waals surface area contributed by atoms with Crippen molar-refractivity contribution in [2.45, 2.75) is 37.5 Å². The molecule has 2 aromatic carbocycles. The monoisotopic (exact) mass is 439 g/mol. The summed E-state index contributed by atoms with van der Waals surface area (Å²) in [7, 11) is -3.96. The molecule has 2 heterocycles. The molecule has 1 aromatic heterocycles. The highest BCUT2D eigenvalue weighted by atomic mass is 32.2. The zero-order chi connectivity index (χ0) is 22.0. The van der Waals surface area contributed by atoms with E-state index in [2.05, 4.69) is 10.2 Å². The highest BCUT2D eigenvalue weighted by Gasteiger charge is 2.26. The van der Waals surface area contributed by atoms with E-state index < -0.39 is 10.1 Å². The van der Waals surface area contributed by atoms with Crippen molar-refractivity contribution in [1.29, 1.82) is 0 Å². The number of H-pyrrole nitrogens is 1. The number of hydrogen-bond acceptors (Lipinski definition) is 5. The fourth-order valence-corrected chi connectivity index (χ4v) is 5.14. The van der Waals surface area contributed by atoms with Gasteiger partial charge < -0.3 is 9.08 Å². The molecule has 0 radical (unpaired) electrons. The van der Waals surface area contributed by atoms with Gasteiger partial charge in [0.2, 0.25) is 0 Å². The second kappa shape index (κ2) is 8.55. The van der Waals surface area contributed by atoms with E-state index in [1.165, 1.54) is 12.1 Å². The number of piperidine rings is 1. The summed E-state index contributed by atoms with van der Waals surface area (Å²) < 4.78 is 30.7. The molecule has 1 aliphatic heterocycles. The van der Waals surface area contributed by atoms with E-state index in [-0.39, 0.29) is 22.5 Å². The number of rotatable bonds is 5. The lowest BCUT2D eigenvalue weighted by atomic mass is 9.94. The topological polar surface area (TPSA) is 92.4 Å². The number of nitrogens with zero attached hydrogens (tertiary/aromatic N) is 2. The van der Waals surface area contributed by atoms with Gasteiger partial charge in [0.05, 0.1) is 0 Å². The molecule has 31 heavy (non-hydrogen) atoms. The van der Waals surface area contributed by atoms with Crippen LogP contribution in [-0.2, 0) is 10.1 Å². The second-order valence-electron chi connectivity index (χ2n) is 7.93. The Morgan fingerprint density at radius 2 is 1.90 bits per heavy atom. The summed E-state index contributed by atoms with van der Waals surface area (Å²) in [6.45, 7) is 4.88. The highest BCUT2D eigenvalue weighted by molar-refractivity contribution is 7.87. The zero-order valence-corrected chi connectivity index (χ0v) is 18.4. The SMILES string of the molecule is Cc1ccc(C)c(S(=O)(=O)Oc2ccc(C(=O)N3CCC[C@@H](c4ccn[nH]4)C3)cc2)c1. The predicted octanol–water partition coefficient (Wildman–Crippen LogP) is 3.81. The lowest BCUT2D eigenvalue weighted by Crippen LogP contribution is -2.39. The van der Waals surface area contributed by atoms with E-state index in [4.69, 9.17) is 4.18 Å². The molecule has 1 fully saturated rings. The van der Waals surface area contributed by atoms with E-state index in [9.17, 15) is 13.2 Å². The van der Waals surface area contributed by atoms with Crippen LogP contribution >= 0.6 is 0 Å². The van der Waals surface area contributed by atoms with Crippen molar-refractivity contribution in [3.63, 3.8) is 0 Å². The molecule has 1 saturated heterocycles. The first-order chi connectivity index (χ1) is 14.8. The Labute approximate surface area is 182 Å². The van der Waals surface area contributed by atoms with Gasteiger partial charge in [0, 0.05) is 36.5 Å². The zero-order valence-electron chi connectivity index (χ0n) is 17.5. The summed E-state index contributed by atoms with van der Waals surface area (Å²) >= 11 is 0. The van der Waals surface area contributed by atoms with Gasteiger partial charge in [-0.3, -0.25) is 9.89 Å². The van der Waals surface area contributed by atoms with E-state index in [0.29, 0.717) is 24.2 Å². The molecule has 0 aliphatic carbocycles. The van der Waals surface area contributed by atoms with Crippen LogP contribution < -0.4 is 4.18 Å². The van der Waals surface area contributed by atoms with Crippen molar-refractivity contribution in [3.05, 3.63) is 77.1 Å². The first kappa shape index (κ1) is 21.1. The number of carbonyl (C=O) groups excluding carboxylic acids is 1. The minimum Gasteiger partial charge on any atom is -0.379 e. The average molecular weight is 440 g/mol. The Bertz CT molecular complexity index is 1170. The van der Waals surface area contributed by atoms with E-state index >= 15 is 0 Å². The van der Waals surface area contributed by atoms with Crippen molar-refractivity contribution >= 4 is 16.0 Å². The van der Waals surface area contributed by atoms with Gasteiger partial charge in [-0.2, -0.15) is 13.5 Å². The third kappa shape index (κ3) is 4.64. The van der Waals surface area contributed by atoms with Crippen molar-refractivity contribution in [2.75, 3.05) is 13.1 Å². The van der Waals surface area contributed by atoms with Crippen LogP contribution in [0.5, 0.6) is 5.75 Å². The summed E-state index contributed by atoms with van der Waals surface area (Å²) in [6.07, 6.45) is 3.65. The van der Waals surface area contributed by atoms with Gasteiger partial charge >= 0.3 is 10.1 Å². The van der Waals surface area contributed by atoms with E-state index in [0.717, 1.165) is 24.1 Å². The number of hydrogen-bond donors (Lipinski definition) is 1. The normalized spacial score (nSPS) is 16.8. The van der Waals surface area contributed by atoms with E-state index in [1.54, 1.807) is 37.4 Å². The molecule has 4 rings (SSSR count). The molecule has 162 valence electrons. The third-order valence-corrected chi connectivity index (χ3v) is 6.98. The molecule has 1 N–H and O–H groups in total. The number of likely N-dealkylation sites (tertiary alicyclic amines) is 1. The Morgan fingerprint density at radius 1 is 1.13 bits per heavy atom. The summed E-state index contributed by atoms with van der Waals surface area (Å²) in [6, 6.07) is 13.4. The maximum atomic E-state index is 13.0. The number of aryl methyl sites for hydroxylation is 2. The third-order valence-electron chi connectivity index (χ3n) is 5.59. The fourth-order valence-electron chi connectivity index (χ4n) is 3.89. The lowest BCUT2D eigenvalue weighted by molar-refractivity contribution is 0.0706. The smallest absolute Gasteiger partial charge is 0.339 e. The predicted molar refractivity (Wildman–Crippen MR) is 117 cm³/mol. The fraction of sp³-hybridized carbons (Fsp3) is 0.304. The molecule has 1 aliphatic rings. The molecule has 0 unspecified atom stereocenters.